The van der Waals surface area contributed by atoms with Gasteiger partial charge < -0.3 is 20.1 Å². The third-order valence-electron chi connectivity index (χ3n) is 2.44. The van der Waals surface area contributed by atoms with Crippen LogP contribution in [0.4, 0.5) is 0 Å². The Labute approximate surface area is 104 Å². The summed E-state index contributed by atoms with van der Waals surface area (Å²) in [6.45, 7) is 1.42. The Morgan fingerprint density at radius 1 is 1.46 bits per heavy atom. The maximum absolute atomic E-state index is 9.46. The van der Waals surface area contributed by atoms with Gasteiger partial charge in [0.25, 0.3) is 0 Å². The number of aliphatic hydroxyl groups is 3. The van der Waals surface area contributed by atoms with E-state index in [0.717, 1.165) is 0 Å². The fourth-order valence-corrected chi connectivity index (χ4v) is 1.44. The van der Waals surface area contributed by atoms with E-state index in [1.165, 1.54) is 0 Å². The summed E-state index contributed by atoms with van der Waals surface area (Å²) in [5, 5.41) is 27.7. The van der Waals surface area contributed by atoms with E-state index in [-0.39, 0.29) is 39.3 Å². The molecule has 3 radical (unpaired) electrons. The Balaban J connectivity index is 0.00000144. The molecular formula is C7H13BO4Y. The first kappa shape index (κ1) is 14.0. The zero-order valence-corrected chi connectivity index (χ0v) is 10.4. The van der Waals surface area contributed by atoms with E-state index in [1.54, 1.807) is 6.92 Å². The Bertz CT molecular complexity index is 165. The quantitative estimate of drug-likeness (QED) is 0.522. The maximum Gasteiger partial charge on any atom is 0.119 e. The summed E-state index contributed by atoms with van der Waals surface area (Å²) in [6.07, 6.45) is -1.81. The molecule has 0 spiro atoms. The molecule has 1 aliphatic rings. The number of hydrogen-bond donors (Lipinski definition) is 3. The predicted octanol–water partition coefficient (Wildman–Crippen LogP) is -1.63. The Kier molecular flexibility index (Phi) is 5.59. The molecular weight excluding hydrogens is 248 g/mol. The minimum atomic E-state index is -1.11. The van der Waals surface area contributed by atoms with Gasteiger partial charge in [-0.25, -0.2) is 0 Å². The Hall–Kier alpha value is 1.01. The van der Waals surface area contributed by atoms with E-state index in [1.807, 2.05) is 0 Å². The van der Waals surface area contributed by atoms with E-state index < -0.39 is 23.8 Å². The van der Waals surface area contributed by atoms with E-state index in [9.17, 15) is 10.2 Å². The second-order valence-electron chi connectivity index (χ2n) is 3.09. The maximum atomic E-state index is 9.46. The first-order chi connectivity index (χ1) is 5.57. The molecule has 1 heterocycles. The molecule has 1 saturated heterocycles. The van der Waals surface area contributed by atoms with E-state index in [2.05, 4.69) is 0 Å². The first-order valence-corrected chi connectivity index (χ1v) is 3.98. The third kappa shape index (κ3) is 2.33. The van der Waals surface area contributed by atoms with Crippen LogP contribution >= 0.6 is 0 Å². The van der Waals surface area contributed by atoms with Gasteiger partial charge in [-0.05, 0) is 6.42 Å². The van der Waals surface area contributed by atoms with E-state index in [0.29, 0.717) is 6.42 Å². The van der Waals surface area contributed by atoms with Crippen LogP contribution in [0.15, 0.2) is 0 Å². The summed E-state index contributed by atoms with van der Waals surface area (Å²) < 4.78 is 5.10. The fourth-order valence-electron chi connectivity index (χ4n) is 1.44. The van der Waals surface area contributed by atoms with Crippen molar-refractivity contribution in [2.24, 2.45) is 0 Å². The molecule has 6 heteroatoms. The van der Waals surface area contributed by atoms with Crippen LogP contribution in [-0.2, 0) is 37.4 Å². The third-order valence-corrected chi connectivity index (χ3v) is 2.44. The van der Waals surface area contributed by atoms with Gasteiger partial charge in [0.15, 0.2) is 0 Å². The smallest absolute Gasteiger partial charge is 0.119 e. The van der Waals surface area contributed by atoms with Crippen molar-refractivity contribution >= 4 is 7.85 Å². The summed E-state index contributed by atoms with van der Waals surface area (Å²) >= 11 is 0. The summed E-state index contributed by atoms with van der Waals surface area (Å²) in [4.78, 5) is 0. The first-order valence-electron chi connectivity index (χ1n) is 3.98. The minimum absolute atomic E-state index is 0. The molecule has 0 aromatic heterocycles. The average Bonchev–Trinajstić information content (AvgIpc) is 2.30. The van der Waals surface area contributed by atoms with Gasteiger partial charge in [-0.15, -0.1) is 0 Å². The van der Waals surface area contributed by atoms with Gasteiger partial charge in [-0.2, -0.15) is 0 Å². The number of rotatable bonds is 2. The Morgan fingerprint density at radius 2 is 2.00 bits per heavy atom. The van der Waals surface area contributed by atoms with Crippen molar-refractivity contribution in [2.45, 2.75) is 37.2 Å². The standard InChI is InChI=1S/C7H13BO4.Y/c1-2-7(3-9)5(11)4(10)6(8)12-7;/h4-6,9-11H,2-3H2,1H3;/t4-,5?,6+,7-;/m0./s1. The number of ether oxygens (including phenoxy) is 1. The molecule has 13 heavy (non-hydrogen) atoms. The van der Waals surface area contributed by atoms with Crippen LogP contribution in [0.5, 0.6) is 0 Å². The molecule has 4 nitrogen and oxygen atoms in total. The van der Waals surface area contributed by atoms with Crippen molar-refractivity contribution in [3.63, 3.8) is 0 Å². The van der Waals surface area contributed by atoms with Crippen LogP contribution in [0.25, 0.3) is 0 Å². The van der Waals surface area contributed by atoms with Crippen molar-refractivity contribution in [1.82, 2.24) is 0 Å². The summed E-state index contributed by atoms with van der Waals surface area (Å²) in [7, 11) is 5.35. The zero-order chi connectivity index (χ0) is 9.35. The van der Waals surface area contributed by atoms with Crippen LogP contribution < -0.4 is 0 Å². The van der Waals surface area contributed by atoms with Crippen LogP contribution in [0.3, 0.4) is 0 Å². The van der Waals surface area contributed by atoms with E-state index >= 15 is 0 Å². The van der Waals surface area contributed by atoms with Crippen molar-refractivity contribution in [3.8, 4) is 0 Å². The summed E-state index contributed by atoms with van der Waals surface area (Å²) in [5.41, 5.74) is -1.08. The van der Waals surface area contributed by atoms with Crippen molar-refractivity contribution in [2.75, 3.05) is 6.61 Å². The normalized spacial score (nSPS) is 44.5. The van der Waals surface area contributed by atoms with Crippen molar-refractivity contribution in [1.29, 1.82) is 0 Å². The molecule has 1 rings (SSSR count). The molecule has 0 amide bonds. The van der Waals surface area contributed by atoms with Gasteiger partial charge in [-0.1, -0.05) is 6.92 Å². The Morgan fingerprint density at radius 3 is 2.15 bits per heavy atom. The molecule has 4 atom stereocenters. The topological polar surface area (TPSA) is 69.9 Å². The summed E-state index contributed by atoms with van der Waals surface area (Å²) in [6, 6.07) is -0.910. The molecule has 0 aromatic rings. The van der Waals surface area contributed by atoms with E-state index in [4.69, 9.17) is 17.7 Å². The van der Waals surface area contributed by atoms with Gasteiger partial charge >= 0.3 is 0 Å². The molecule has 1 aliphatic heterocycles. The van der Waals surface area contributed by atoms with Crippen LogP contribution in [0, 0.1) is 0 Å². The molecule has 0 aromatic carbocycles. The van der Waals surface area contributed by atoms with Gasteiger partial charge in [-0.3, -0.25) is 0 Å². The van der Waals surface area contributed by atoms with Crippen LogP contribution in [-0.4, -0.2) is 53.6 Å². The van der Waals surface area contributed by atoms with Crippen LogP contribution in [0.1, 0.15) is 13.3 Å². The monoisotopic (exact) mass is 261 g/mol. The van der Waals surface area contributed by atoms with Gasteiger partial charge in [0, 0.05) is 38.7 Å². The fraction of sp³-hybridized carbons (Fsp3) is 1.00. The molecule has 0 bridgehead atoms. The number of hydrogen-bond acceptors (Lipinski definition) is 4. The molecule has 1 fully saturated rings. The molecule has 71 valence electrons. The van der Waals surface area contributed by atoms with Gasteiger partial charge in [0.05, 0.1) is 6.61 Å². The predicted molar refractivity (Wildman–Crippen MR) is 42.7 cm³/mol. The molecule has 0 aliphatic carbocycles. The SMILES string of the molecule is [B][C@@H]1O[C@@](CC)(CO)C(O)[C@@H]1O.[Y]. The largest absolute Gasteiger partial charge is 0.393 e. The molecule has 1 unspecified atom stereocenters. The zero-order valence-electron chi connectivity index (χ0n) is 7.55. The summed E-state index contributed by atoms with van der Waals surface area (Å²) in [5.74, 6) is 0. The van der Waals surface area contributed by atoms with Gasteiger partial charge in [0.1, 0.15) is 25.7 Å². The minimum Gasteiger partial charge on any atom is -0.393 e. The second kappa shape index (κ2) is 5.19. The second-order valence-corrected chi connectivity index (χ2v) is 3.09. The number of aliphatic hydroxyl groups excluding tert-OH is 3. The van der Waals surface area contributed by atoms with Crippen LogP contribution in [0.2, 0.25) is 0 Å². The van der Waals surface area contributed by atoms with Crippen molar-refractivity contribution in [3.05, 3.63) is 0 Å². The van der Waals surface area contributed by atoms with Gasteiger partial charge in [0.2, 0.25) is 0 Å². The average molecular weight is 261 g/mol. The molecule has 3 N–H and O–H groups in total. The van der Waals surface area contributed by atoms with Crippen molar-refractivity contribution < 1.29 is 52.8 Å². The molecule has 0 saturated carbocycles.